The molecule has 26 heavy (non-hydrogen) atoms. The Morgan fingerprint density at radius 2 is 1.35 bits per heavy atom. The number of thiol groups is 1. The average Bonchev–Trinajstić information content (AvgIpc) is 2.68. The smallest absolute Gasteiger partial charge is 0.316 e. The van der Waals surface area contributed by atoms with E-state index in [0.717, 1.165) is 0 Å². The molecule has 0 saturated heterocycles. The maximum absolute atomic E-state index is 11.7. The van der Waals surface area contributed by atoms with Crippen molar-refractivity contribution >= 4 is 67.7 Å². The van der Waals surface area contributed by atoms with E-state index in [9.17, 15) is 30.3 Å². The molecule has 0 aliphatic rings. The summed E-state index contributed by atoms with van der Waals surface area (Å²) in [5, 5.41) is 46.9. The van der Waals surface area contributed by atoms with Gasteiger partial charge in [-0.25, -0.2) is 0 Å². The Hall–Kier alpha value is 1.33. The van der Waals surface area contributed by atoms with Crippen LogP contribution < -0.4 is 0 Å². The van der Waals surface area contributed by atoms with Crippen molar-refractivity contribution < 1.29 is 39.8 Å². The van der Waals surface area contributed by atoms with Crippen molar-refractivity contribution in [1.82, 2.24) is 0 Å². The lowest BCUT2D eigenvalue weighted by Gasteiger charge is -2.32. The van der Waals surface area contributed by atoms with Gasteiger partial charge in [0.2, 0.25) is 0 Å². The highest BCUT2D eigenvalue weighted by molar-refractivity contribution is 9.41. The van der Waals surface area contributed by atoms with Crippen LogP contribution in [0.1, 0.15) is 0 Å². The Bertz CT molecular complexity index is 361. The second-order valence-electron chi connectivity index (χ2n) is 5.48. The van der Waals surface area contributed by atoms with E-state index < -0.39 is 49.8 Å². The van der Waals surface area contributed by atoms with E-state index in [1.54, 1.807) is 0 Å². The van der Waals surface area contributed by atoms with Gasteiger partial charge in [0.15, 0.2) is 0 Å². The van der Waals surface area contributed by atoms with Gasteiger partial charge in [-0.05, 0) is 39.3 Å². The summed E-state index contributed by atoms with van der Waals surface area (Å²) in [6.07, 6.45) is 0. The van der Waals surface area contributed by atoms with Crippen LogP contribution in [0.3, 0.4) is 0 Å². The third-order valence-corrected chi connectivity index (χ3v) is 12.2. The molecule has 0 aromatic heterocycles. The first-order chi connectivity index (χ1) is 12.5. The van der Waals surface area contributed by atoms with Gasteiger partial charge in [0.05, 0.1) is 57.1 Å². The molecule has 0 amide bonds. The summed E-state index contributed by atoms with van der Waals surface area (Å²) < 4.78 is 10.5. The molecular weight excluding hydrogens is 465 g/mol. The van der Waals surface area contributed by atoms with Crippen LogP contribution in [0.25, 0.3) is 0 Å². The molecule has 0 saturated carbocycles. The van der Waals surface area contributed by atoms with Crippen LogP contribution in [-0.2, 0) is 14.3 Å². The summed E-state index contributed by atoms with van der Waals surface area (Å²) in [7, 11) is 6.92. The van der Waals surface area contributed by atoms with Crippen LogP contribution in [0.15, 0.2) is 0 Å². The molecule has 8 nitrogen and oxygen atoms in total. The van der Waals surface area contributed by atoms with E-state index in [4.69, 9.17) is 9.47 Å². The SMILES string of the molecule is O=C(CSSSSSS)OCC(CO)(CO)COCC(CO)(CO)CO. The number of rotatable bonds is 17. The van der Waals surface area contributed by atoms with Gasteiger partial charge in [-0.2, -0.15) is 0 Å². The van der Waals surface area contributed by atoms with Gasteiger partial charge in [-0.15, -0.1) is 0 Å². The highest BCUT2D eigenvalue weighted by atomic mass is 33.9. The lowest BCUT2D eigenvalue weighted by Crippen LogP contribution is -2.44. The molecule has 14 heteroatoms. The molecule has 0 spiro atoms. The molecule has 0 radical (unpaired) electrons. The van der Waals surface area contributed by atoms with Crippen LogP contribution in [0, 0.1) is 10.8 Å². The van der Waals surface area contributed by atoms with Crippen molar-refractivity contribution in [3.8, 4) is 0 Å². The number of carbonyl (C=O) groups is 1. The third kappa shape index (κ3) is 10.8. The maximum atomic E-state index is 11.7. The van der Waals surface area contributed by atoms with Crippen molar-refractivity contribution in [1.29, 1.82) is 0 Å². The lowest BCUT2D eigenvalue weighted by atomic mass is 9.90. The summed E-state index contributed by atoms with van der Waals surface area (Å²) in [5.41, 5.74) is -2.44. The van der Waals surface area contributed by atoms with Crippen LogP contribution >= 0.6 is 61.8 Å². The van der Waals surface area contributed by atoms with Crippen molar-refractivity contribution in [2.75, 3.05) is 58.6 Å². The quantitative estimate of drug-likeness (QED) is 0.0740. The predicted molar refractivity (Wildman–Crippen MR) is 114 cm³/mol. The van der Waals surface area contributed by atoms with Crippen molar-refractivity contribution in [3.05, 3.63) is 0 Å². The average molecular weight is 489 g/mol. The minimum absolute atomic E-state index is 0.103. The van der Waals surface area contributed by atoms with Gasteiger partial charge < -0.3 is 35.0 Å². The number of ether oxygens (including phenoxy) is 2. The molecule has 0 heterocycles. The molecule has 156 valence electrons. The summed E-state index contributed by atoms with van der Waals surface area (Å²) in [6, 6.07) is 0. The largest absolute Gasteiger partial charge is 0.464 e. The molecule has 5 N–H and O–H groups in total. The molecule has 0 unspecified atom stereocenters. The zero-order valence-electron chi connectivity index (χ0n) is 13.8. The fourth-order valence-corrected chi connectivity index (χ4v) is 9.85. The van der Waals surface area contributed by atoms with Gasteiger partial charge in [0, 0.05) is 0 Å². The second-order valence-corrected chi connectivity index (χ2v) is 14.0. The van der Waals surface area contributed by atoms with Gasteiger partial charge in [-0.3, -0.25) is 4.79 Å². The zero-order chi connectivity index (χ0) is 19.9. The topological polar surface area (TPSA) is 137 Å². The Balaban J connectivity index is 4.36. The first-order valence-corrected chi connectivity index (χ1v) is 14.5. The highest BCUT2D eigenvalue weighted by Gasteiger charge is 2.34. The summed E-state index contributed by atoms with van der Waals surface area (Å²) in [5.74, 6) is -0.389. The number of carbonyl (C=O) groups excluding carboxylic acids is 1. The number of hydrogen-bond acceptors (Lipinski definition) is 14. The van der Waals surface area contributed by atoms with E-state index in [1.807, 2.05) is 0 Å². The minimum atomic E-state index is -1.22. The van der Waals surface area contributed by atoms with Crippen molar-refractivity contribution in [3.63, 3.8) is 0 Å². The van der Waals surface area contributed by atoms with Gasteiger partial charge >= 0.3 is 5.97 Å². The van der Waals surface area contributed by atoms with E-state index >= 15 is 0 Å². The van der Waals surface area contributed by atoms with E-state index in [0.29, 0.717) is 0 Å². The van der Waals surface area contributed by atoms with Gasteiger partial charge in [0.1, 0.15) is 12.4 Å². The van der Waals surface area contributed by atoms with Crippen molar-refractivity contribution in [2.24, 2.45) is 10.8 Å². The fraction of sp³-hybridized carbons (Fsp3) is 0.917. The molecule has 0 rings (SSSR count). The van der Waals surface area contributed by atoms with Crippen LogP contribution in [0.4, 0.5) is 0 Å². The maximum Gasteiger partial charge on any atom is 0.316 e. The molecule has 0 fully saturated rings. The summed E-state index contributed by atoms with van der Waals surface area (Å²) >= 11 is 3.96. The molecule has 0 aromatic carbocycles. The van der Waals surface area contributed by atoms with E-state index in [-0.39, 0.29) is 25.6 Å². The lowest BCUT2D eigenvalue weighted by molar-refractivity contribution is -0.151. The summed E-state index contributed by atoms with van der Waals surface area (Å²) in [6.45, 7) is -3.06. The molecule has 0 aliphatic heterocycles. The van der Waals surface area contributed by atoms with E-state index in [2.05, 4.69) is 11.7 Å². The Morgan fingerprint density at radius 1 is 0.808 bits per heavy atom. The monoisotopic (exact) mass is 488 g/mol. The van der Waals surface area contributed by atoms with Crippen LogP contribution in [0.5, 0.6) is 0 Å². The first-order valence-electron chi connectivity index (χ1n) is 7.18. The van der Waals surface area contributed by atoms with Gasteiger partial charge in [-0.1, -0.05) is 22.5 Å². The van der Waals surface area contributed by atoms with Crippen LogP contribution in [0.2, 0.25) is 0 Å². The highest BCUT2D eigenvalue weighted by Crippen LogP contribution is 2.49. The predicted octanol–water partition coefficient (Wildman–Crippen LogP) is 0.651. The van der Waals surface area contributed by atoms with Gasteiger partial charge in [0.25, 0.3) is 0 Å². The van der Waals surface area contributed by atoms with Crippen LogP contribution in [-0.4, -0.2) is 90.1 Å². The normalized spacial score (nSPS) is 12.4. The summed E-state index contributed by atoms with van der Waals surface area (Å²) in [4.78, 5) is 11.7. The molecule has 0 aromatic rings. The zero-order valence-corrected chi connectivity index (χ0v) is 18.8. The Morgan fingerprint density at radius 3 is 1.85 bits per heavy atom. The molecule has 0 aliphatic carbocycles. The Labute approximate surface area is 176 Å². The second kappa shape index (κ2) is 16.2. The molecular formula is C12H24O8S6. The molecule has 0 bridgehead atoms. The standard InChI is InChI=1S/C12H24O8S6/c13-2-11(3-14,4-15)7-19-8-12(5-16,6-17)9-20-10(18)1-22-24-26-25-23-21/h13-17,21H,1-9H2. The number of aliphatic hydroxyl groups excluding tert-OH is 5. The Kier molecular flexibility index (Phi) is 17.0. The molecule has 0 atom stereocenters. The third-order valence-electron chi connectivity index (χ3n) is 3.34. The minimum Gasteiger partial charge on any atom is -0.464 e. The van der Waals surface area contributed by atoms with E-state index in [1.165, 1.54) is 50.1 Å². The number of esters is 1. The fourth-order valence-electron chi connectivity index (χ4n) is 1.44. The first kappa shape index (κ1) is 27.3. The number of hydrogen-bond donors (Lipinski definition) is 6. The van der Waals surface area contributed by atoms with Crippen molar-refractivity contribution in [2.45, 2.75) is 0 Å². The number of aliphatic hydroxyl groups is 5.